The molecule has 0 atom stereocenters. The van der Waals surface area contributed by atoms with Crippen molar-refractivity contribution in [2.45, 2.75) is 51.2 Å². The van der Waals surface area contributed by atoms with Gasteiger partial charge in [-0.15, -0.1) is 0 Å². The van der Waals surface area contributed by atoms with Crippen molar-refractivity contribution in [2.24, 2.45) is 5.92 Å². The lowest BCUT2D eigenvalue weighted by atomic mass is 9.84. The van der Waals surface area contributed by atoms with Gasteiger partial charge >= 0.3 is 6.18 Å². The van der Waals surface area contributed by atoms with Crippen molar-refractivity contribution in [3.8, 4) is 5.88 Å². The lowest BCUT2D eigenvalue weighted by Gasteiger charge is -2.28. The molecule has 4 nitrogen and oxygen atoms in total. The molecule has 1 aliphatic rings. The van der Waals surface area contributed by atoms with Gasteiger partial charge in [-0.05, 0) is 37.7 Å². The third-order valence-corrected chi connectivity index (χ3v) is 4.14. The van der Waals surface area contributed by atoms with Crippen LogP contribution in [0.1, 0.15) is 49.4 Å². The molecule has 1 N–H and O–H groups in total. The van der Waals surface area contributed by atoms with Crippen molar-refractivity contribution in [3.63, 3.8) is 0 Å². The quantitative estimate of drug-likeness (QED) is 0.895. The van der Waals surface area contributed by atoms with E-state index in [1.807, 2.05) is 0 Å². The Morgan fingerprint density at radius 1 is 1.30 bits per heavy atom. The number of halogens is 3. The monoisotopic (exact) mass is 330 g/mol. The van der Waals surface area contributed by atoms with Gasteiger partial charge in [0.25, 0.3) is 5.91 Å². The highest BCUT2D eigenvalue weighted by molar-refractivity contribution is 5.94. The molecule has 7 heteroatoms. The predicted octanol–water partition coefficient (Wildman–Crippen LogP) is 3.72. The van der Waals surface area contributed by atoms with Crippen LogP contribution in [-0.2, 0) is 0 Å². The molecule has 1 amide bonds. The molecular weight excluding hydrogens is 309 g/mol. The smallest absolute Gasteiger partial charge is 0.422 e. The summed E-state index contributed by atoms with van der Waals surface area (Å²) in [4.78, 5) is 15.9. The van der Waals surface area contributed by atoms with E-state index in [0.717, 1.165) is 31.6 Å². The Hall–Kier alpha value is -1.79. The number of aromatic nitrogens is 1. The summed E-state index contributed by atoms with van der Waals surface area (Å²) < 4.78 is 40.6. The fourth-order valence-electron chi connectivity index (χ4n) is 2.74. The van der Waals surface area contributed by atoms with Crippen LogP contribution in [0.4, 0.5) is 13.2 Å². The lowest BCUT2D eigenvalue weighted by Crippen LogP contribution is -2.37. The SMILES string of the molecule is CCC1CCC(NC(=O)c2ccc(OCC(F)(F)F)nc2)CC1. The molecule has 1 aromatic rings. The molecule has 0 bridgehead atoms. The molecule has 0 saturated heterocycles. The number of hydrogen-bond donors (Lipinski definition) is 1. The molecule has 0 unspecified atom stereocenters. The first kappa shape index (κ1) is 17.6. The molecule has 0 aliphatic heterocycles. The Bertz CT molecular complexity index is 509. The molecular formula is C16H21F3N2O2. The van der Waals surface area contributed by atoms with Gasteiger partial charge in [-0.3, -0.25) is 4.79 Å². The molecule has 1 heterocycles. The summed E-state index contributed by atoms with van der Waals surface area (Å²) in [7, 11) is 0. The van der Waals surface area contributed by atoms with Gasteiger partial charge in [0.15, 0.2) is 6.61 Å². The highest BCUT2D eigenvalue weighted by Gasteiger charge is 2.28. The minimum Gasteiger partial charge on any atom is -0.468 e. The molecule has 2 rings (SSSR count). The highest BCUT2D eigenvalue weighted by atomic mass is 19.4. The average molecular weight is 330 g/mol. The normalized spacial score (nSPS) is 21.7. The number of amides is 1. The number of alkyl halides is 3. The first-order valence-electron chi connectivity index (χ1n) is 7.84. The summed E-state index contributed by atoms with van der Waals surface area (Å²) >= 11 is 0. The second kappa shape index (κ2) is 7.66. The molecule has 0 spiro atoms. The second-order valence-corrected chi connectivity index (χ2v) is 5.89. The van der Waals surface area contributed by atoms with Gasteiger partial charge in [0.2, 0.25) is 5.88 Å². The van der Waals surface area contributed by atoms with Gasteiger partial charge in [-0.25, -0.2) is 4.98 Å². The Morgan fingerprint density at radius 3 is 2.52 bits per heavy atom. The van der Waals surface area contributed by atoms with E-state index in [4.69, 9.17) is 0 Å². The third kappa shape index (κ3) is 5.73. The zero-order chi connectivity index (χ0) is 16.9. The Kier molecular flexibility index (Phi) is 5.85. The molecule has 1 aromatic heterocycles. The van der Waals surface area contributed by atoms with E-state index in [0.29, 0.717) is 5.56 Å². The van der Waals surface area contributed by atoms with Crippen LogP contribution >= 0.6 is 0 Å². The summed E-state index contributed by atoms with van der Waals surface area (Å²) in [6, 6.07) is 2.85. The van der Waals surface area contributed by atoms with Crippen LogP contribution < -0.4 is 10.1 Å². The molecule has 1 saturated carbocycles. The van der Waals surface area contributed by atoms with Gasteiger partial charge in [0.1, 0.15) is 0 Å². The molecule has 1 fully saturated rings. The summed E-state index contributed by atoms with van der Waals surface area (Å²) in [5.41, 5.74) is 0.321. The van der Waals surface area contributed by atoms with Crippen molar-refractivity contribution in [3.05, 3.63) is 23.9 Å². The van der Waals surface area contributed by atoms with Gasteiger partial charge < -0.3 is 10.1 Å². The van der Waals surface area contributed by atoms with E-state index < -0.39 is 12.8 Å². The number of ether oxygens (including phenoxy) is 1. The van der Waals surface area contributed by atoms with E-state index in [2.05, 4.69) is 22.0 Å². The molecule has 0 aromatic carbocycles. The van der Waals surface area contributed by atoms with Crippen LogP contribution in [0.3, 0.4) is 0 Å². The minimum absolute atomic E-state index is 0.151. The first-order valence-corrected chi connectivity index (χ1v) is 7.84. The number of carbonyl (C=O) groups is 1. The first-order chi connectivity index (χ1) is 10.9. The largest absolute Gasteiger partial charge is 0.468 e. The van der Waals surface area contributed by atoms with Crippen LogP contribution in [-0.4, -0.2) is 29.7 Å². The number of rotatable bonds is 5. The van der Waals surface area contributed by atoms with Crippen molar-refractivity contribution in [1.82, 2.24) is 10.3 Å². The van der Waals surface area contributed by atoms with E-state index in [1.54, 1.807) is 0 Å². The average Bonchev–Trinajstić information content (AvgIpc) is 2.53. The maximum Gasteiger partial charge on any atom is 0.422 e. The van der Waals surface area contributed by atoms with Crippen molar-refractivity contribution in [1.29, 1.82) is 0 Å². The number of nitrogens with one attached hydrogen (secondary N) is 1. The van der Waals surface area contributed by atoms with Crippen molar-refractivity contribution < 1.29 is 22.7 Å². The standard InChI is InChI=1S/C16H21F3N2O2/c1-2-11-3-6-13(7-4-11)21-15(22)12-5-8-14(20-9-12)23-10-16(17,18)19/h5,8-9,11,13H,2-4,6-7,10H2,1H3,(H,21,22). The number of carbonyl (C=O) groups excluding carboxylic acids is 1. The highest BCUT2D eigenvalue weighted by Crippen LogP contribution is 2.26. The minimum atomic E-state index is -4.41. The number of pyridine rings is 1. The Labute approximate surface area is 133 Å². The summed E-state index contributed by atoms with van der Waals surface area (Å²) in [5, 5.41) is 2.96. The zero-order valence-corrected chi connectivity index (χ0v) is 13.0. The Balaban J connectivity index is 1.83. The molecule has 0 radical (unpaired) electrons. The third-order valence-electron chi connectivity index (χ3n) is 4.14. The van der Waals surface area contributed by atoms with Crippen LogP contribution in [0.2, 0.25) is 0 Å². The summed E-state index contributed by atoms with van der Waals surface area (Å²) in [6.45, 7) is 0.782. The van der Waals surface area contributed by atoms with E-state index >= 15 is 0 Å². The van der Waals surface area contributed by atoms with Crippen molar-refractivity contribution in [2.75, 3.05) is 6.61 Å². The number of nitrogens with zero attached hydrogens (tertiary/aromatic N) is 1. The zero-order valence-electron chi connectivity index (χ0n) is 13.0. The molecule has 1 aliphatic carbocycles. The fraction of sp³-hybridized carbons (Fsp3) is 0.625. The van der Waals surface area contributed by atoms with Crippen LogP contribution in [0.15, 0.2) is 18.3 Å². The van der Waals surface area contributed by atoms with Gasteiger partial charge in [-0.2, -0.15) is 13.2 Å². The van der Waals surface area contributed by atoms with Crippen molar-refractivity contribution >= 4 is 5.91 Å². The lowest BCUT2D eigenvalue weighted by molar-refractivity contribution is -0.154. The summed E-state index contributed by atoms with van der Waals surface area (Å²) in [6.07, 6.45) is 2.15. The van der Waals surface area contributed by atoms with E-state index in [-0.39, 0.29) is 17.8 Å². The number of hydrogen-bond acceptors (Lipinski definition) is 3. The Morgan fingerprint density at radius 2 is 2.00 bits per heavy atom. The topological polar surface area (TPSA) is 51.2 Å². The van der Waals surface area contributed by atoms with E-state index in [9.17, 15) is 18.0 Å². The molecule has 23 heavy (non-hydrogen) atoms. The van der Waals surface area contributed by atoms with Gasteiger partial charge in [0, 0.05) is 18.3 Å². The van der Waals surface area contributed by atoms with Gasteiger partial charge in [0.05, 0.1) is 5.56 Å². The second-order valence-electron chi connectivity index (χ2n) is 5.89. The fourth-order valence-corrected chi connectivity index (χ4v) is 2.74. The maximum atomic E-state index is 12.1. The van der Waals surface area contributed by atoms with Gasteiger partial charge in [-0.1, -0.05) is 13.3 Å². The molecule has 128 valence electrons. The predicted molar refractivity (Wildman–Crippen MR) is 79.3 cm³/mol. The maximum absolute atomic E-state index is 12.1. The van der Waals surface area contributed by atoms with Crippen LogP contribution in [0.25, 0.3) is 0 Å². The van der Waals surface area contributed by atoms with E-state index in [1.165, 1.54) is 24.8 Å². The van der Waals surface area contributed by atoms with Crippen LogP contribution in [0, 0.1) is 5.92 Å². The summed E-state index contributed by atoms with van der Waals surface area (Å²) in [5.74, 6) is 0.344. The van der Waals surface area contributed by atoms with Crippen LogP contribution in [0.5, 0.6) is 5.88 Å².